The molecule has 13 aromatic rings. The summed E-state index contributed by atoms with van der Waals surface area (Å²) in [5.74, 6) is 2.85. The molecule has 0 saturated carbocycles. The number of hydrogen-bond acceptors (Lipinski definition) is 14. The molecule has 0 amide bonds. The molecule has 0 bridgehead atoms. The summed E-state index contributed by atoms with van der Waals surface area (Å²) >= 11 is 3.35. The molecule has 8 aromatic carbocycles. The number of aromatic nitrogens is 8. The Hall–Kier alpha value is -9.50. The van der Waals surface area contributed by atoms with Gasteiger partial charge in [-0.1, -0.05) is 191 Å². The zero-order valence-electron chi connectivity index (χ0n) is 60.1. The van der Waals surface area contributed by atoms with Gasteiger partial charge in [-0.05, 0) is 186 Å². The summed E-state index contributed by atoms with van der Waals surface area (Å²) in [4.78, 5) is 17.2. The summed E-state index contributed by atoms with van der Waals surface area (Å²) in [6, 6.07) is 55.8. The minimum absolute atomic E-state index is 0.623. The Kier molecular flexibility index (Phi) is 33.9. The molecule has 0 saturated heterocycles. The van der Waals surface area contributed by atoms with Crippen molar-refractivity contribution < 1.29 is 8.83 Å². The highest BCUT2D eigenvalue weighted by Gasteiger charge is 2.01. The summed E-state index contributed by atoms with van der Waals surface area (Å²) in [7, 11) is 0. The first kappa shape index (κ1) is 77.9. The van der Waals surface area contributed by atoms with Crippen LogP contribution in [0.1, 0.15) is 131 Å². The van der Waals surface area contributed by atoms with E-state index in [9.17, 15) is 0 Å². The van der Waals surface area contributed by atoms with E-state index < -0.39 is 0 Å². The Balaban J connectivity index is 0.000000224. The molecule has 0 atom stereocenters. The summed E-state index contributed by atoms with van der Waals surface area (Å²) in [6.45, 7) is 44.3. The van der Waals surface area contributed by atoms with Crippen LogP contribution < -0.4 is 0 Å². The molecule has 14 heteroatoms. The fourth-order valence-corrected chi connectivity index (χ4v) is 10.3. The van der Waals surface area contributed by atoms with Gasteiger partial charge in [-0.2, -0.15) is 10.2 Å². The Bertz CT molecular complexity index is 3960. The molecule has 0 unspecified atom stereocenters. The zero-order chi connectivity index (χ0) is 70.0. The van der Waals surface area contributed by atoms with Crippen LogP contribution in [0.15, 0.2) is 202 Å². The van der Waals surface area contributed by atoms with E-state index in [1.165, 1.54) is 92.8 Å². The van der Waals surface area contributed by atoms with Crippen LogP contribution in [0, 0.1) is 138 Å². The summed E-state index contributed by atoms with van der Waals surface area (Å²) in [5.41, 5.74) is 17.6. The molecule has 0 fully saturated rings. The van der Waals surface area contributed by atoms with E-state index in [1.54, 1.807) is 55.1 Å². The summed E-state index contributed by atoms with van der Waals surface area (Å²) in [6.07, 6.45) is 8.05. The number of thiazole rings is 1. The molecule has 1 aliphatic rings. The van der Waals surface area contributed by atoms with Crippen molar-refractivity contribution in [3.8, 4) is 0 Å². The van der Waals surface area contributed by atoms with Gasteiger partial charge in [0.15, 0.2) is 5.89 Å². The molecule has 0 N–H and O–H groups in total. The van der Waals surface area contributed by atoms with Crippen LogP contribution in [0.2, 0.25) is 0 Å². The predicted molar refractivity (Wildman–Crippen MR) is 405 cm³/mol. The second-order valence-corrected chi connectivity index (χ2v) is 26.3. The highest BCUT2D eigenvalue weighted by molar-refractivity contribution is 7.11. The maximum atomic E-state index is 4.97. The van der Waals surface area contributed by atoms with E-state index in [4.69, 9.17) is 8.83 Å². The Morgan fingerprint density at radius 1 is 0.316 bits per heavy atom. The third kappa shape index (κ3) is 31.3. The second kappa shape index (κ2) is 41.3. The number of nitrogens with zero attached hydrogens (tertiary/aromatic N) is 10. The minimum Gasteiger partial charge on any atom is -0.446 e. The average molecular weight is 1310 g/mol. The van der Waals surface area contributed by atoms with Gasteiger partial charge in [0.2, 0.25) is 11.8 Å². The second-order valence-electron chi connectivity index (χ2n) is 23.5. The maximum Gasteiger partial charge on any atom is 0.213 e. The highest BCUT2D eigenvalue weighted by Crippen LogP contribution is 2.23. The van der Waals surface area contributed by atoms with Crippen molar-refractivity contribution in [2.24, 2.45) is 10.2 Å². The molecule has 0 radical (unpaired) electrons. The van der Waals surface area contributed by atoms with Crippen molar-refractivity contribution in [3.63, 3.8) is 0 Å². The number of hydrogen-bond donors (Lipinski definition) is 0. The van der Waals surface area contributed by atoms with Crippen LogP contribution in [-0.2, 0) is 0 Å². The number of aryl methyl sites for hydroxylation is 20. The Labute approximate surface area is 573 Å². The van der Waals surface area contributed by atoms with Crippen molar-refractivity contribution in [2.45, 2.75) is 159 Å². The zero-order valence-corrected chi connectivity index (χ0v) is 61.8. The Morgan fingerprint density at radius 3 is 0.979 bits per heavy atom. The molecule has 95 heavy (non-hydrogen) atoms. The number of fused-ring (bicyclic) bond motifs is 3. The summed E-state index contributed by atoms with van der Waals surface area (Å²) in [5, 5.41) is 33.8. The third-order valence-corrected chi connectivity index (χ3v) is 15.3. The predicted octanol–water partition coefficient (Wildman–Crippen LogP) is 22.2. The van der Waals surface area contributed by atoms with Gasteiger partial charge < -0.3 is 8.83 Å². The lowest BCUT2D eigenvalue weighted by Gasteiger charge is -2.03. The van der Waals surface area contributed by atoms with E-state index in [-0.39, 0.29) is 0 Å². The van der Waals surface area contributed by atoms with Gasteiger partial charge in [0.25, 0.3) is 0 Å². The van der Waals surface area contributed by atoms with Crippen LogP contribution in [0.3, 0.4) is 0 Å². The van der Waals surface area contributed by atoms with Gasteiger partial charge >= 0.3 is 0 Å². The topological polar surface area (TPSA) is 154 Å². The summed E-state index contributed by atoms with van der Waals surface area (Å²) < 4.78 is 9.83. The Morgan fingerprint density at radius 2 is 0.716 bits per heavy atom. The first-order chi connectivity index (χ1) is 45.1. The lowest BCUT2D eigenvalue weighted by Crippen LogP contribution is -1.90. The average Bonchev–Trinajstić information content (AvgIpc) is 1.86. The largest absolute Gasteiger partial charge is 0.446 e. The lowest BCUT2D eigenvalue weighted by molar-refractivity contribution is 0.489. The van der Waals surface area contributed by atoms with Crippen LogP contribution in [-0.4, -0.2) is 51.8 Å². The van der Waals surface area contributed by atoms with Crippen LogP contribution in [0.25, 0.3) is 32.3 Å². The lowest BCUT2D eigenvalue weighted by atomic mass is 10.0. The van der Waals surface area contributed by atoms with Crippen LogP contribution in [0.4, 0.5) is 0 Å². The smallest absolute Gasteiger partial charge is 0.213 e. The van der Waals surface area contributed by atoms with E-state index in [1.807, 2.05) is 68.5 Å². The number of rotatable bonds is 0. The molecular weight excluding hydrogens is 1210 g/mol. The molecule has 0 aliphatic carbocycles. The first-order valence-corrected chi connectivity index (χ1v) is 33.3. The van der Waals surface area contributed by atoms with Gasteiger partial charge in [0.05, 0.1) is 22.6 Å². The molecule has 1 aliphatic heterocycles. The van der Waals surface area contributed by atoms with Crippen molar-refractivity contribution in [3.05, 3.63) is 293 Å². The fraction of sp³-hybridized carbons (Fsp3) is 0.284. The van der Waals surface area contributed by atoms with Gasteiger partial charge in [0, 0.05) is 62.1 Å². The number of oxazole rings is 1. The highest BCUT2D eigenvalue weighted by atomic mass is 32.1. The maximum absolute atomic E-state index is 4.97. The standard InChI is InChI=1S/3C12H12.2C8H10.C6H8N2.C5H8N2.C5H7NO.C5H7NS.C4H6N2O.C4H6N2S/c1-9-3-5-12-8-10(2)4-6-11(12)7-9;1-9-5-3-8-12-10(2)6-4-7-11(9)12;1-9-7-8-10(2)12-6-4-3-5-11(9)12;1-7-3-5-8(2)6-4-7;1-7-4-3-5-8(2)6-7;1-5-3-7-4-6(2)8-5;1-4-3-5(2)7-6-4;2*1-4-3-6-5(2)7-4;2*1-3-5-6-4(2)7-3/h3*3-8H,1-2H3;2*3-6H,1-2H3;3-4H,1-2H3;3H2,1-2H3;2*3H,1-2H3;2*1-2H3. The van der Waals surface area contributed by atoms with E-state index in [0.29, 0.717) is 11.8 Å². The van der Waals surface area contributed by atoms with Gasteiger partial charge in [0.1, 0.15) is 15.8 Å². The molecule has 5 aromatic heterocycles. The third-order valence-electron chi connectivity index (χ3n) is 13.8. The quantitative estimate of drug-likeness (QED) is 0.143. The molecule has 6 heterocycles. The fourth-order valence-electron chi connectivity index (χ4n) is 9.08. The molecule has 0 spiro atoms. The SMILES string of the molecule is CC1=NN=C(C)C1.Cc1ccc(C)c2ccccc12.Cc1ccc(C)cc1.Cc1ccc2cc(C)ccc2c1.Cc1cccc(C)c1.Cc1cccc2c(C)cccc12.Cc1cnc(C)o1.Cc1cnc(C)s1.Cc1cncc(C)n1.Cc1nnc(C)o1.Cc1nnc(C)s1. The van der Waals surface area contributed by atoms with Crippen molar-refractivity contribution in [1.82, 2.24) is 40.3 Å². The van der Waals surface area contributed by atoms with Crippen LogP contribution in [0.5, 0.6) is 0 Å². The number of benzene rings is 8. The van der Waals surface area contributed by atoms with Gasteiger partial charge in [-0.15, -0.1) is 43.1 Å². The van der Waals surface area contributed by atoms with E-state index in [0.717, 1.165) is 55.9 Å². The molecular formula is C81H98N10O2S2. The van der Waals surface area contributed by atoms with E-state index in [2.05, 4.69) is 284 Å². The van der Waals surface area contributed by atoms with E-state index >= 15 is 0 Å². The van der Waals surface area contributed by atoms with Crippen LogP contribution >= 0.6 is 22.7 Å². The first-order valence-electron chi connectivity index (χ1n) is 31.7. The monoisotopic (exact) mass is 1310 g/mol. The molecule has 496 valence electrons. The van der Waals surface area contributed by atoms with Crippen molar-refractivity contribution >= 4 is 66.4 Å². The molecule has 12 nitrogen and oxygen atoms in total. The van der Waals surface area contributed by atoms with Gasteiger partial charge in [-0.3, -0.25) is 9.97 Å². The normalized spacial score (nSPS) is 10.5. The van der Waals surface area contributed by atoms with Gasteiger partial charge in [-0.25, -0.2) is 9.97 Å². The van der Waals surface area contributed by atoms with Crippen molar-refractivity contribution in [2.75, 3.05) is 0 Å². The molecule has 14 rings (SSSR count). The van der Waals surface area contributed by atoms with Crippen molar-refractivity contribution in [1.29, 1.82) is 0 Å². The minimum atomic E-state index is 0.623.